The Hall–Kier alpha value is -1.11. The molecule has 0 heterocycles. The Balaban J connectivity index is 2.95. The number of hydrogen-bond donors (Lipinski definition) is 4. The highest BCUT2D eigenvalue weighted by atomic mass is 79.9. The van der Waals surface area contributed by atoms with Crippen LogP contribution in [-0.4, -0.2) is 37.8 Å². The molecule has 94 valence electrons. The van der Waals surface area contributed by atoms with E-state index in [1.165, 1.54) is 12.1 Å². The Morgan fingerprint density at radius 1 is 1.35 bits per heavy atom. The van der Waals surface area contributed by atoms with Gasteiger partial charge in [-0.05, 0) is 18.6 Å². The SMILES string of the molecule is O=C(O)c1ccc(C(O)C(O)CCBr)c(O)c1. The molecular formula is C11H13BrO5. The summed E-state index contributed by atoms with van der Waals surface area (Å²) in [7, 11) is 0. The normalized spacial score (nSPS) is 14.3. The van der Waals surface area contributed by atoms with Crippen LogP contribution in [0.3, 0.4) is 0 Å². The molecule has 2 unspecified atom stereocenters. The number of hydrogen-bond acceptors (Lipinski definition) is 4. The van der Waals surface area contributed by atoms with E-state index < -0.39 is 18.2 Å². The fourth-order valence-electron chi connectivity index (χ4n) is 1.40. The minimum Gasteiger partial charge on any atom is -0.508 e. The number of benzene rings is 1. The first-order chi connectivity index (χ1) is 7.97. The average Bonchev–Trinajstić information content (AvgIpc) is 2.28. The number of carbonyl (C=O) groups is 1. The maximum absolute atomic E-state index is 10.6. The standard InChI is InChI=1S/C11H13BrO5/c12-4-3-8(13)10(15)7-2-1-6(11(16)17)5-9(7)14/h1-2,5,8,10,13-15H,3-4H2,(H,16,17). The molecule has 0 spiro atoms. The Bertz CT molecular complexity index is 407. The van der Waals surface area contributed by atoms with Gasteiger partial charge in [0.25, 0.3) is 0 Å². The number of rotatable bonds is 5. The van der Waals surface area contributed by atoms with E-state index in [-0.39, 0.29) is 16.9 Å². The first-order valence-electron chi connectivity index (χ1n) is 4.95. The van der Waals surface area contributed by atoms with Crippen molar-refractivity contribution in [2.75, 3.05) is 5.33 Å². The highest BCUT2D eigenvalue weighted by Crippen LogP contribution is 2.28. The lowest BCUT2D eigenvalue weighted by Crippen LogP contribution is -2.18. The van der Waals surface area contributed by atoms with Crippen molar-refractivity contribution in [1.29, 1.82) is 0 Å². The first kappa shape index (κ1) is 14.0. The molecule has 5 nitrogen and oxygen atoms in total. The van der Waals surface area contributed by atoms with E-state index in [1.807, 2.05) is 0 Å². The predicted octanol–water partition coefficient (Wildman–Crippen LogP) is 1.27. The molecule has 0 saturated heterocycles. The lowest BCUT2D eigenvalue weighted by Gasteiger charge is -2.18. The zero-order valence-corrected chi connectivity index (χ0v) is 10.5. The van der Waals surface area contributed by atoms with Gasteiger partial charge in [-0.3, -0.25) is 0 Å². The number of phenolic OH excluding ortho intramolecular Hbond substituents is 1. The number of carboxylic acid groups (broad SMARTS) is 1. The molecule has 0 aromatic heterocycles. The Labute approximate surface area is 106 Å². The van der Waals surface area contributed by atoms with Gasteiger partial charge in [-0.2, -0.15) is 0 Å². The molecule has 0 fully saturated rings. The second-order valence-electron chi connectivity index (χ2n) is 3.57. The van der Waals surface area contributed by atoms with Gasteiger partial charge < -0.3 is 20.4 Å². The van der Waals surface area contributed by atoms with E-state index in [1.54, 1.807) is 0 Å². The quantitative estimate of drug-likeness (QED) is 0.614. The molecule has 0 bridgehead atoms. The third-order valence-corrected chi connectivity index (χ3v) is 2.82. The van der Waals surface area contributed by atoms with Gasteiger partial charge >= 0.3 is 5.97 Å². The van der Waals surface area contributed by atoms with E-state index in [0.29, 0.717) is 11.8 Å². The molecule has 0 saturated carbocycles. The summed E-state index contributed by atoms with van der Waals surface area (Å²) in [4.78, 5) is 10.6. The molecule has 1 aromatic rings. The molecule has 1 rings (SSSR count). The molecular weight excluding hydrogens is 292 g/mol. The molecule has 17 heavy (non-hydrogen) atoms. The fourth-order valence-corrected chi connectivity index (χ4v) is 1.87. The van der Waals surface area contributed by atoms with Crippen LogP contribution in [0.1, 0.15) is 28.4 Å². The summed E-state index contributed by atoms with van der Waals surface area (Å²) in [5.41, 5.74) is 0.0388. The maximum Gasteiger partial charge on any atom is 0.335 e. The molecule has 0 aliphatic rings. The number of phenols is 1. The van der Waals surface area contributed by atoms with Crippen LogP contribution in [0.25, 0.3) is 0 Å². The zero-order valence-electron chi connectivity index (χ0n) is 8.88. The number of alkyl halides is 1. The van der Waals surface area contributed by atoms with Crippen molar-refractivity contribution < 1.29 is 25.2 Å². The fraction of sp³-hybridized carbons (Fsp3) is 0.364. The summed E-state index contributed by atoms with van der Waals surface area (Å²) >= 11 is 3.13. The van der Waals surface area contributed by atoms with Crippen LogP contribution < -0.4 is 0 Å². The van der Waals surface area contributed by atoms with Gasteiger partial charge in [-0.25, -0.2) is 4.79 Å². The summed E-state index contributed by atoms with van der Waals surface area (Å²) < 4.78 is 0. The molecule has 6 heteroatoms. The van der Waals surface area contributed by atoms with Gasteiger partial charge in [0.1, 0.15) is 11.9 Å². The van der Waals surface area contributed by atoms with Crippen molar-refractivity contribution in [2.45, 2.75) is 18.6 Å². The summed E-state index contributed by atoms with van der Waals surface area (Å²) in [6, 6.07) is 3.60. The van der Waals surface area contributed by atoms with Gasteiger partial charge in [0.2, 0.25) is 0 Å². The van der Waals surface area contributed by atoms with Crippen LogP contribution in [0.4, 0.5) is 0 Å². The monoisotopic (exact) mass is 304 g/mol. The molecule has 0 radical (unpaired) electrons. The van der Waals surface area contributed by atoms with Crippen molar-refractivity contribution in [3.8, 4) is 5.75 Å². The van der Waals surface area contributed by atoms with Crippen LogP contribution >= 0.6 is 15.9 Å². The molecule has 4 N–H and O–H groups in total. The highest BCUT2D eigenvalue weighted by Gasteiger charge is 2.21. The third-order valence-electron chi connectivity index (χ3n) is 2.37. The second kappa shape index (κ2) is 6.00. The van der Waals surface area contributed by atoms with Crippen LogP contribution in [0.5, 0.6) is 5.75 Å². The van der Waals surface area contributed by atoms with E-state index in [9.17, 15) is 20.1 Å². The van der Waals surface area contributed by atoms with Crippen molar-refractivity contribution in [1.82, 2.24) is 0 Å². The van der Waals surface area contributed by atoms with Gasteiger partial charge in [0, 0.05) is 10.9 Å². The topological polar surface area (TPSA) is 98.0 Å². The third kappa shape index (κ3) is 3.42. The van der Waals surface area contributed by atoms with Gasteiger partial charge in [0.05, 0.1) is 11.7 Å². The molecule has 0 aliphatic carbocycles. The van der Waals surface area contributed by atoms with Gasteiger partial charge in [-0.1, -0.05) is 22.0 Å². The number of aliphatic hydroxyl groups excluding tert-OH is 2. The minimum absolute atomic E-state index is 0.0755. The lowest BCUT2D eigenvalue weighted by molar-refractivity contribution is 0.0160. The van der Waals surface area contributed by atoms with Crippen LogP contribution in [0, 0.1) is 0 Å². The number of halogens is 1. The van der Waals surface area contributed by atoms with Crippen LogP contribution in [0.2, 0.25) is 0 Å². The zero-order chi connectivity index (χ0) is 13.0. The summed E-state index contributed by atoms with van der Waals surface area (Å²) in [5.74, 6) is -1.51. The van der Waals surface area contributed by atoms with Crippen LogP contribution in [-0.2, 0) is 0 Å². The minimum atomic E-state index is -1.24. The van der Waals surface area contributed by atoms with Gasteiger partial charge in [0.15, 0.2) is 0 Å². The van der Waals surface area contributed by atoms with Crippen molar-refractivity contribution in [2.24, 2.45) is 0 Å². The van der Waals surface area contributed by atoms with E-state index in [2.05, 4.69) is 15.9 Å². The second-order valence-corrected chi connectivity index (χ2v) is 4.36. The highest BCUT2D eigenvalue weighted by molar-refractivity contribution is 9.09. The number of aromatic carboxylic acids is 1. The lowest BCUT2D eigenvalue weighted by atomic mass is 10.00. The summed E-state index contributed by atoms with van der Waals surface area (Å²) in [6.07, 6.45) is -1.94. The first-order valence-corrected chi connectivity index (χ1v) is 6.07. The van der Waals surface area contributed by atoms with Gasteiger partial charge in [-0.15, -0.1) is 0 Å². The Morgan fingerprint density at radius 3 is 2.47 bits per heavy atom. The molecule has 0 aliphatic heterocycles. The smallest absolute Gasteiger partial charge is 0.335 e. The van der Waals surface area contributed by atoms with E-state index in [4.69, 9.17) is 5.11 Å². The summed E-state index contributed by atoms with van der Waals surface area (Å²) in [6.45, 7) is 0. The van der Waals surface area contributed by atoms with Crippen molar-refractivity contribution >= 4 is 21.9 Å². The van der Waals surface area contributed by atoms with E-state index in [0.717, 1.165) is 6.07 Å². The molecule has 2 atom stereocenters. The average molecular weight is 305 g/mol. The number of aromatic hydroxyl groups is 1. The predicted molar refractivity (Wildman–Crippen MR) is 64.4 cm³/mol. The van der Waals surface area contributed by atoms with Crippen LogP contribution in [0.15, 0.2) is 18.2 Å². The van der Waals surface area contributed by atoms with E-state index >= 15 is 0 Å². The largest absolute Gasteiger partial charge is 0.508 e. The Morgan fingerprint density at radius 2 is 2.00 bits per heavy atom. The van der Waals surface area contributed by atoms with Crippen molar-refractivity contribution in [3.05, 3.63) is 29.3 Å². The van der Waals surface area contributed by atoms with Crippen molar-refractivity contribution in [3.63, 3.8) is 0 Å². The number of carboxylic acids is 1. The molecule has 0 amide bonds. The summed E-state index contributed by atoms with van der Waals surface area (Å²) in [5, 5.41) is 38.1. The maximum atomic E-state index is 10.6. The number of aliphatic hydroxyl groups is 2. The molecule has 1 aromatic carbocycles. The Kier molecular flexibility index (Phi) is 4.92.